The molecule has 12 nitrogen and oxygen atoms in total. The highest BCUT2D eigenvalue weighted by Crippen LogP contribution is 2.39. The van der Waals surface area contributed by atoms with Crippen LogP contribution in [0.4, 0.5) is 0 Å². The van der Waals surface area contributed by atoms with Crippen molar-refractivity contribution in [2.24, 2.45) is 5.92 Å². The predicted molar refractivity (Wildman–Crippen MR) is 129 cm³/mol. The zero-order valence-corrected chi connectivity index (χ0v) is 22.2. The van der Waals surface area contributed by atoms with Crippen molar-refractivity contribution in [2.75, 3.05) is 26.4 Å². The molecule has 0 radical (unpaired) electrons. The molecule has 5 N–H and O–H groups in total. The molecule has 12 heteroatoms. The molecule has 0 aromatic rings. The van der Waals surface area contributed by atoms with E-state index in [0.29, 0.717) is 26.2 Å². The van der Waals surface area contributed by atoms with Gasteiger partial charge in [0.2, 0.25) is 0 Å². The monoisotopic (exact) mass is 548 g/mol. The molecule has 6 unspecified atom stereocenters. The minimum Gasteiger partial charge on any atom is -0.394 e. The van der Waals surface area contributed by atoms with Gasteiger partial charge in [0.15, 0.2) is 12.6 Å². The van der Waals surface area contributed by atoms with Crippen LogP contribution < -0.4 is 0 Å². The maximum absolute atomic E-state index is 11.1. The van der Waals surface area contributed by atoms with E-state index in [2.05, 4.69) is 0 Å². The summed E-state index contributed by atoms with van der Waals surface area (Å²) in [7, 11) is 0. The Morgan fingerprint density at radius 2 is 1.61 bits per heavy atom. The van der Waals surface area contributed by atoms with Crippen molar-refractivity contribution < 1.29 is 58.7 Å². The van der Waals surface area contributed by atoms with Gasteiger partial charge in [0, 0.05) is 6.61 Å². The molecular weight excluding hydrogens is 504 g/mol. The van der Waals surface area contributed by atoms with Gasteiger partial charge in [0.05, 0.1) is 38.1 Å². The van der Waals surface area contributed by atoms with Crippen molar-refractivity contribution >= 4 is 0 Å². The van der Waals surface area contributed by atoms with E-state index < -0.39 is 85.8 Å². The third kappa shape index (κ3) is 5.79. The molecule has 1 spiro atoms. The lowest BCUT2D eigenvalue weighted by molar-refractivity contribution is -0.364. The largest absolute Gasteiger partial charge is 0.394 e. The van der Waals surface area contributed by atoms with Crippen molar-refractivity contribution in [3.63, 3.8) is 0 Å². The van der Waals surface area contributed by atoms with E-state index in [4.69, 9.17) is 33.2 Å². The van der Waals surface area contributed by atoms with Crippen LogP contribution in [0, 0.1) is 5.92 Å². The lowest BCUT2D eigenvalue weighted by Crippen LogP contribution is -2.66. The molecule has 38 heavy (non-hydrogen) atoms. The molecule has 220 valence electrons. The zero-order chi connectivity index (χ0) is 27.0. The predicted octanol–water partition coefficient (Wildman–Crippen LogP) is -0.794. The van der Waals surface area contributed by atoms with Crippen LogP contribution >= 0.6 is 0 Å². The highest BCUT2D eigenvalue weighted by Gasteiger charge is 2.54. The minimum absolute atomic E-state index is 0.0376. The van der Waals surface area contributed by atoms with E-state index in [0.717, 1.165) is 32.1 Å². The number of aliphatic hydroxyl groups is 5. The van der Waals surface area contributed by atoms with Gasteiger partial charge in [-0.2, -0.15) is 0 Å². The Kier molecular flexibility index (Phi) is 9.30. The van der Waals surface area contributed by atoms with Gasteiger partial charge in [-0.1, -0.05) is 13.3 Å². The van der Waals surface area contributed by atoms with Crippen molar-refractivity contribution in [2.45, 2.75) is 132 Å². The molecule has 4 saturated heterocycles. The van der Waals surface area contributed by atoms with E-state index in [1.807, 2.05) is 6.92 Å². The van der Waals surface area contributed by atoms with Crippen LogP contribution in [0.25, 0.3) is 0 Å². The van der Waals surface area contributed by atoms with Crippen molar-refractivity contribution in [1.82, 2.24) is 0 Å². The highest BCUT2D eigenvalue weighted by molar-refractivity contribution is 4.98. The molecule has 0 aromatic carbocycles. The molecule has 1 saturated carbocycles. The summed E-state index contributed by atoms with van der Waals surface area (Å²) in [5.41, 5.74) is -0.499. The van der Waals surface area contributed by atoms with Crippen LogP contribution in [0.1, 0.15) is 52.4 Å². The van der Waals surface area contributed by atoms with Crippen molar-refractivity contribution in [1.29, 1.82) is 0 Å². The van der Waals surface area contributed by atoms with Gasteiger partial charge in [-0.05, 0) is 44.9 Å². The third-order valence-corrected chi connectivity index (χ3v) is 8.74. The number of hydrogen-bond donors (Lipinski definition) is 5. The van der Waals surface area contributed by atoms with Crippen molar-refractivity contribution in [3.05, 3.63) is 0 Å². The fourth-order valence-electron chi connectivity index (χ4n) is 6.28. The van der Waals surface area contributed by atoms with E-state index in [-0.39, 0.29) is 5.92 Å². The average molecular weight is 549 g/mol. The highest BCUT2D eigenvalue weighted by atomic mass is 16.7. The first-order valence-electron chi connectivity index (χ1n) is 14.0. The van der Waals surface area contributed by atoms with Crippen LogP contribution in [0.3, 0.4) is 0 Å². The molecule has 4 aliphatic heterocycles. The standard InChI is InChI=1S/C26H44O12/c1-13-6-5-7-15(21(13)37-24-20(31)19(30)17(28)14(2)34-24)35-25-23-22(18(29)16(10-27)36-25)38-26(11-32-12-26)8-3-4-9-33-23/h13-25,27-31H,3-12H2,1-2H3/t13-,14?,15-,16?,17-,18+,19?,20+,21?,22?,23?,24+,25-/m1/s1. The molecule has 1 aliphatic carbocycles. The summed E-state index contributed by atoms with van der Waals surface area (Å²) in [6.07, 6.45) is -6.52. The minimum atomic E-state index is -1.42. The Labute approximate surface area is 223 Å². The third-order valence-electron chi connectivity index (χ3n) is 8.74. The Morgan fingerprint density at radius 3 is 2.32 bits per heavy atom. The second-order valence-electron chi connectivity index (χ2n) is 11.6. The van der Waals surface area contributed by atoms with Crippen LogP contribution in [-0.2, 0) is 33.2 Å². The average Bonchev–Trinajstić information content (AvgIpc) is 2.98. The molecule has 5 rings (SSSR count). The van der Waals surface area contributed by atoms with E-state index in [1.165, 1.54) is 0 Å². The summed E-state index contributed by atoms with van der Waals surface area (Å²) in [5, 5.41) is 51.9. The van der Waals surface area contributed by atoms with Crippen molar-refractivity contribution in [3.8, 4) is 0 Å². The summed E-state index contributed by atoms with van der Waals surface area (Å²) in [6.45, 7) is 4.55. The number of fused-ring (bicyclic) bond motifs is 1. The van der Waals surface area contributed by atoms with Gasteiger partial charge in [0.25, 0.3) is 0 Å². The summed E-state index contributed by atoms with van der Waals surface area (Å²) < 4.78 is 42.6. The van der Waals surface area contributed by atoms with Crippen LogP contribution in [-0.4, -0.2) is 131 Å². The Hall–Kier alpha value is -0.480. The van der Waals surface area contributed by atoms with Gasteiger partial charge >= 0.3 is 0 Å². The molecule has 13 atom stereocenters. The number of aliphatic hydroxyl groups excluding tert-OH is 5. The molecule has 0 amide bonds. The number of hydrogen-bond acceptors (Lipinski definition) is 12. The van der Waals surface area contributed by atoms with Crippen LogP contribution in [0.5, 0.6) is 0 Å². The molecule has 5 aliphatic rings. The first-order chi connectivity index (χ1) is 18.2. The fraction of sp³-hybridized carbons (Fsp3) is 1.00. The van der Waals surface area contributed by atoms with Crippen LogP contribution in [0.15, 0.2) is 0 Å². The molecule has 5 fully saturated rings. The van der Waals surface area contributed by atoms with E-state index in [9.17, 15) is 25.5 Å². The normalized spacial score (nSPS) is 49.8. The molecule has 4 heterocycles. The molecule has 0 bridgehead atoms. The summed E-state index contributed by atoms with van der Waals surface area (Å²) in [4.78, 5) is 0. The first kappa shape index (κ1) is 29.0. The topological polar surface area (TPSA) is 166 Å². The quantitative estimate of drug-likeness (QED) is 0.291. The molecular formula is C26H44O12. The maximum Gasteiger partial charge on any atom is 0.187 e. The lowest BCUT2D eigenvalue weighted by Gasteiger charge is -2.50. The first-order valence-corrected chi connectivity index (χ1v) is 14.0. The molecule has 0 aromatic heterocycles. The number of rotatable bonds is 5. The SMILES string of the molecule is CC1O[C@@H](OC2[C@H](C)CCC[C@H]2O[C@@H]2OC(CO)[C@H](O)C3OC4(CCCCOC32)COC4)[C@@H](O)C(O)[C@@H]1O. The van der Waals surface area contributed by atoms with Crippen LogP contribution in [0.2, 0.25) is 0 Å². The van der Waals surface area contributed by atoms with Gasteiger partial charge in [-0.25, -0.2) is 0 Å². The zero-order valence-electron chi connectivity index (χ0n) is 22.2. The second kappa shape index (κ2) is 12.2. The van der Waals surface area contributed by atoms with Gasteiger partial charge < -0.3 is 58.7 Å². The van der Waals surface area contributed by atoms with E-state index in [1.54, 1.807) is 6.92 Å². The summed E-state index contributed by atoms with van der Waals surface area (Å²) in [6, 6.07) is 0. The van der Waals surface area contributed by atoms with Gasteiger partial charge in [-0.15, -0.1) is 0 Å². The summed E-state index contributed by atoms with van der Waals surface area (Å²) >= 11 is 0. The lowest BCUT2D eigenvalue weighted by atomic mass is 9.85. The second-order valence-corrected chi connectivity index (χ2v) is 11.6. The Morgan fingerprint density at radius 1 is 0.816 bits per heavy atom. The Balaban J connectivity index is 1.34. The summed E-state index contributed by atoms with van der Waals surface area (Å²) in [5.74, 6) is 0.0376. The Bertz CT molecular complexity index is 767. The van der Waals surface area contributed by atoms with Gasteiger partial charge in [0.1, 0.15) is 48.3 Å². The van der Waals surface area contributed by atoms with Gasteiger partial charge in [-0.3, -0.25) is 0 Å². The smallest absolute Gasteiger partial charge is 0.187 e. The van der Waals surface area contributed by atoms with E-state index >= 15 is 0 Å². The number of ether oxygens (including phenoxy) is 7. The maximum atomic E-state index is 11.1. The fourth-order valence-corrected chi connectivity index (χ4v) is 6.28.